The molecule has 134 valence electrons. The number of benzene rings is 2. The molecule has 2 N–H and O–H groups in total. The second-order valence-corrected chi connectivity index (χ2v) is 7.71. The predicted molar refractivity (Wildman–Crippen MR) is 92.1 cm³/mol. The highest BCUT2D eigenvalue weighted by Crippen LogP contribution is 2.24. The van der Waals surface area contributed by atoms with Crippen LogP contribution in [0.4, 0.5) is 4.39 Å². The molecule has 3 rings (SSSR count). The van der Waals surface area contributed by atoms with Crippen molar-refractivity contribution in [2.24, 2.45) is 0 Å². The summed E-state index contributed by atoms with van der Waals surface area (Å²) in [6.07, 6.45) is 1.46. The van der Waals surface area contributed by atoms with Gasteiger partial charge in [-0.25, -0.2) is 17.5 Å². The molecule has 1 fully saturated rings. The summed E-state index contributed by atoms with van der Waals surface area (Å²) in [4.78, 5) is 11.7. The van der Waals surface area contributed by atoms with E-state index in [4.69, 9.17) is 5.26 Å². The first-order valence-electron chi connectivity index (χ1n) is 7.98. The van der Waals surface area contributed by atoms with E-state index in [1.54, 1.807) is 24.3 Å². The number of rotatable bonds is 6. The Morgan fingerprint density at radius 3 is 2.50 bits per heavy atom. The third-order valence-electron chi connectivity index (χ3n) is 3.92. The van der Waals surface area contributed by atoms with Crippen LogP contribution in [-0.2, 0) is 16.6 Å². The molecule has 1 amide bonds. The van der Waals surface area contributed by atoms with Gasteiger partial charge in [-0.1, -0.05) is 12.1 Å². The lowest BCUT2D eigenvalue weighted by Gasteiger charge is -2.10. The second-order valence-electron chi connectivity index (χ2n) is 6.03. The molecule has 0 saturated heterocycles. The molecule has 0 unspecified atom stereocenters. The van der Waals surface area contributed by atoms with Gasteiger partial charge in [-0.3, -0.25) is 4.79 Å². The Bertz CT molecular complexity index is 978. The fourth-order valence-electron chi connectivity index (χ4n) is 2.32. The van der Waals surface area contributed by atoms with Gasteiger partial charge in [-0.05, 0) is 48.7 Å². The van der Waals surface area contributed by atoms with Crippen LogP contribution < -0.4 is 10.0 Å². The monoisotopic (exact) mass is 373 g/mol. The summed E-state index contributed by atoms with van der Waals surface area (Å²) < 4.78 is 40.8. The standard InChI is InChI=1S/C18H16FN3O3S/c19-16-8-5-14(9-17(16)26(24,25)22-15-6-7-15)18(23)21-11-13-3-1-12(10-20)2-4-13/h1-5,8-9,15,22H,6-7,11H2,(H,21,23). The normalized spacial score (nSPS) is 13.8. The molecule has 2 aromatic carbocycles. The van der Waals surface area contributed by atoms with Crippen LogP contribution >= 0.6 is 0 Å². The van der Waals surface area contributed by atoms with Crippen molar-refractivity contribution in [2.75, 3.05) is 0 Å². The van der Waals surface area contributed by atoms with Crippen LogP contribution in [0.5, 0.6) is 0 Å². The van der Waals surface area contributed by atoms with E-state index < -0.39 is 26.6 Å². The maximum absolute atomic E-state index is 13.9. The number of hydrogen-bond donors (Lipinski definition) is 2. The molecule has 0 atom stereocenters. The lowest BCUT2D eigenvalue weighted by Crippen LogP contribution is -2.28. The van der Waals surface area contributed by atoms with E-state index >= 15 is 0 Å². The topological polar surface area (TPSA) is 99.1 Å². The van der Waals surface area contributed by atoms with E-state index in [1.807, 2.05) is 6.07 Å². The average molecular weight is 373 g/mol. The predicted octanol–water partition coefficient (Wildman–Crippen LogP) is 2.07. The molecule has 1 saturated carbocycles. The Balaban J connectivity index is 1.72. The minimum atomic E-state index is -3.99. The SMILES string of the molecule is N#Cc1ccc(CNC(=O)c2ccc(F)c(S(=O)(=O)NC3CC3)c2)cc1. The quantitative estimate of drug-likeness (QED) is 0.810. The van der Waals surface area contributed by atoms with Gasteiger partial charge >= 0.3 is 0 Å². The van der Waals surface area contributed by atoms with E-state index in [-0.39, 0.29) is 18.2 Å². The van der Waals surface area contributed by atoms with Crippen LogP contribution in [-0.4, -0.2) is 20.4 Å². The highest BCUT2D eigenvalue weighted by atomic mass is 32.2. The van der Waals surface area contributed by atoms with E-state index in [0.29, 0.717) is 5.56 Å². The molecule has 8 heteroatoms. The zero-order valence-corrected chi connectivity index (χ0v) is 14.5. The lowest BCUT2D eigenvalue weighted by atomic mass is 10.1. The molecule has 0 spiro atoms. The van der Waals surface area contributed by atoms with Crippen LogP contribution in [0.3, 0.4) is 0 Å². The van der Waals surface area contributed by atoms with E-state index in [0.717, 1.165) is 30.5 Å². The van der Waals surface area contributed by atoms with Crippen molar-refractivity contribution in [1.29, 1.82) is 5.26 Å². The van der Waals surface area contributed by atoms with Crippen molar-refractivity contribution < 1.29 is 17.6 Å². The van der Waals surface area contributed by atoms with Gasteiger partial charge < -0.3 is 5.32 Å². The van der Waals surface area contributed by atoms with Crippen molar-refractivity contribution in [3.05, 3.63) is 65.0 Å². The zero-order valence-electron chi connectivity index (χ0n) is 13.7. The summed E-state index contributed by atoms with van der Waals surface area (Å²) in [6, 6.07) is 11.8. The summed E-state index contributed by atoms with van der Waals surface area (Å²) in [5, 5.41) is 11.4. The summed E-state index contributed by atoms with van der Waals surface area (Å²) in [7, 11) is -3.99. The molecular weight excluding hydrogens is 357 g/mol. The van der Waals surface area contributed by atoms with Crippen molar-refractivity contribution in [3.8, 4) is 6.07 Å². The van der Waals surface area contributed by atoms with E-state index in [1.165, 1.54) is 6.07 Å². The number of carbonyl (C=O) groups excluding carboxylic acids is 1. The Labute approximate surface area is 150 Å². The number of nitrogens with one attached hydrogen (secondary N) is 2. The molecule has 1 aliphatic carbocycles. The van der Waals surface area contributed by atoms with Crippen molar-refractivity contribution >= 4 is 15.9 Å². The molecule has 26 heavy (non-hydrogen) atoms. The van der Waals surface area contributed by atoms with Gasteiger partial charge in [0.15, 0.2) is 0 Å². The fraction of sp³-hybridized carbons (Fsp3) is 0.222. The Morgan fingerprint density at radius 1 is 1.19 bits per heavy atom. The fourth-order valence-corrected chi connectivity index (χ4v) is 3.72. The molecule has 1 aliphatic rings. The van der Waals surface area contributed by atoms with Gasteiger partial charge in [0.25, 0.3) is 5.91 Å². The lowest BCUT2D eigenvalue weighted by molar-refractivity contribution is 0.0950. The van der Waals surface area contributed by atoms with Crippen LogP contribution in [0.1, 0.15) is 34.3 Å². The maximum Gasteiger partial charge on any atom is 0.251 e. The van der Waals surface area contributed by atoms with Gasteiger partial charge in [-0.15, -0.1) is 0 Å². The number of amides is 1. The zero-order chi connectivity index (χ0) is 18.7. The largest absolute Gasteiger partial charge is 0.348 e. The average Bonchev–Trinajstić information content (AvgIpc) is 3.43. The minimum Gasteiger partial charge on any atom is -0.348 e. The highest BCUT2D eigenvalue weighted by molar-refractivity contribution is 7.89. The number of nitrogens with zero attached hydrogens (tertiary/aromatic N) is 1. The Kier molecular flexibility index (Phi) is 5.02. The second kappa shape index (κ2) is 7.23. The number of carbonyl (C=O) groups is 1. The molecule has 0 heterocycles. The maximum atomic E-state index is 13.9. The van der Waals surface area contributed by atoms with Crippen molar-refractivity contribution in [3.63, 3.8) is 0 Å². The first-order chi connectivity index (χ1) is 12.4. The molecular formula is C18H16FN3O3S. The molecule has 0 aromatic heterocycles. The van der Waals surface area contributed by atoms with Crippen LogP contribution in [0.2, 0.25) is 0 Å². The smallest absolute Gasteiger partial charge is 0.251 e. The minimum absolute atomic E-state index is 0.0521. The molecule has 0 bridgehead atoms. The molecule has 0 radical (unpaired) electrons. The number of hydrogen-bond acceptors (Lipinski definition) is 4. The number of halogens is 1. The van der Waals surface area contributed by atoms with E-state index in [2.05, 4.69) is 10.0 Å². The number of nitriles is 1. The van der Waals surface area contributed by atoms with Gasteiger partial charge in [0, 0.05) is 18.2 Å². The summed E-state index contributed by atoms with van der Waals surface area (Å²) in [6.45, 7) is 0.199. The third kappa shape index (κ3) is 4.25. The van der Waals surface area contributed by atoms with Crippen LogP contribution in [0.25, 0.3) is 0 Å². The van der Waals surface area contributed by atoms with Gasteiger partial charge in [0.2, 0.25) is 10.0 Å². The third-order valence-corrected chi connectivity index (χ3v) is 5.45. The van der Waals surface area contributed by atoms with Crippen LogP contribution in [0, 0.1) is 17.1 Å². The van der Waals surface area contributed by atoms with Crippen molar-refractivity contribution in [1.82, 2.24) is 10.0 Å². The van der Waals surface area contributed by atoms with Crippen molar-refractivity contribution in [2.45, 2.75) is 30.3 Å². The van der Waals surface area contributed by atoms with Gasteiger partial charge in [-0.2, -0.15) is 5.26 Å². The Hall–Kier alpha value is -2.76. The first kappa shape index (κ1) is 18.0. The van der Waals surface area contributed by atoms with Crippen LogP contribution in [0.15, 0.2) is 47.4 Å². The Morgan fingerprint density at radius 2 is 1.88 bits per heavy atom. The summed E-state index contributed by atoms with van der Waals surface area (Å²) in [5.74, 6) is -1.42. The van der Waals surface area contributed by atoms with Gasteiger partial charge in [0.1, 0.15) is 10.7 Å². The molecule has 0 aliphatic heterocycles. The summed E-state index contributed by atoms with van der Waals surface area (Å²) >= 11 is 0. The highest BCUT2D eigenvalue weighted by Gasteiger charge is 2.30. The number of sulfonamides is 1. The van der Waals surface area contributed by atoms with Gasteiger partial charge in [0.05, 0.1) is 11.6 Å². The first-order valence-corrected chi connectivity index (χ1v) is 9.46. The van der Waals surface area contributed by atoms with E-state index in [9.17, 15) is 17.6 Å². The molecule has 2 aromatic rings. The molecule has 6 nitrogen and oxygen atoms in total. The summed E-state index contributed by atoms with van der Waals surface area (Å²) in [5.41, 5.74) is 1.34.